The molecule has 3 aromatic rings. The first-order valence-corrected chi connectivity index (χ1v) is 12.6. The maximum atomic E-state index is 13.7. The predicted molar refractivity (Wildman–Crippen MR) is 144 cm³/mol. The molecule has 0 fully saturated rings. The number of fused-ring (bicyclic) bond motifs is 1. The van der Waals surface area contributed by atoms with E-state index in [1.165, 1.54) is 23.1 Å². The van der Waals surface area contributed by atoms with Crippen LogP contribution >= 0.6 is 0 Å². The van der Waals surface area contributed by atoms with E-state index in [9.17, 15) is 19.1 Å². The average Bonchev–Trinajstić information content (AvgIpc) is 2.93. The average molecular weight is 518 g/mol. The van der Waals surface area contributed by atoms with Gasteiger partial charge in [0.25, 0.3) is 11.8 Å². The Bertz CT molecular complexity index is 1310. The number of benzene rings is 2. The van der Waals surface area contributed by atoms with Gasteiger partial charge < -0.3 is 19.6 Å². The van der Waals surface area contributed by atoms with Crippen molar-refractivity contribution < 1.29 is 23.8 Å². The van der Waals surface area contributed by atoms with Gasteiger partial charge in [0.15, 0.2) is 0 Å². The summed E-state index contributed by atoms with van der Waals surface area (Å²) in [4.78, 5) is 34.1. The lowest BCUT2D eigenvalue weighted by atomic mass is 9.99. The third-order valence-corrected chi connectivity index (χ3v) is 6.68. The Balaban J connectivity index is 1.64. The summed E-state index contributed by atoms with van der Waals surface area (Å²) in [5.41, 5.74) is 2.27. The summed E-state index contributed by atoms with van der Waals surface area (Å²) in [6.45, 7) is 4.03. The third-order valence-electron chi connectivity index (χ3n) is 6.68. The number of aliphatic hydroxyl groups is 1. The molecule has 0 saturated carbocycles. The van der Waals surface area contributed by atoms with Crippen LogP contribution < -0.4 is 4.74 Å². The molecule has 0 spiro atoms. The van der Waals surface area contributed by atoms with Gasteiger partial charge in [-0.2, -0.15) is 0 Å². The van der Waals surface area contributed by atoms with Crippen LogP contribution in [0.5, 0.6) is 5.88 Å². The Morgan fingerprint density at radius 2 is 1.92 bits per heavy atom. The number of rotatable bonds is 7. The lowest BCUT2D eigenvalue weighted by Crippen LogP contribution is -2.50. The van der Waals surface area contributed by atoms with E-state index in [4.69, 9.17) is 4.74 Å². The molecule has 38 heavy (non-hydrogen) atoms. The number of pyridine rings is 1. The molecule has 8 heteroatoms. The number of ether oxygens (including phenoxy) is 1. The minimum atomic E-state index is -0.504. The van der Waals surface area contributed by atoms with Gasteiger partial charge in [0.2, 0.25) is 5.88 Å². The Kier molecular flexibility index (Phi) is 8.53. The summed E-state index contributed by atoms with van der Waals surface area (Å²) in [6, 6.07) is 16.6. The molecule has 0 saturated heterocycles. The quantitative estimate of drug-likeness (QED) is 0.503. The zero-order chi connectivity index (χ0) is 27.2. The molecule has 2 heterocycles. The van der Waals surface area contributed by atoms with Crippen molar-refractivity contribution in [1.82, 2.24) is 14.8 Å². The van der Waals surface area contributed by atoms with Crippen molar-refractivity contribution in [3.05, 3.63) is 94.9 Å². The Morgan fingerprint density at radius 3 is 2.63 bits per heavy atom. The van der Waals surface area contributed by atoms with E-state index in [2.05, 4.69) is 4.98 Å². The number of nitrogens with zero attached hydrogens (tertiary/aromatic N) is 3. The van der Waals surface area contributed by atoms with Crippen LogP contribution in [0.25, 0.3) is 12.2 Å². The molecule has 1 aliphatic heterocycles. The topological polar surface area (TPSA) is 83.0 Å². The van der Waals surface area contributed by atoms with E-state index in [1.54, 1.807) is 37.2 Å². The van der Waals surface area contributed by atoms with Gasteiger partial charge in [-0.25, -0.2) is 9.37 Å². The van der Waals surface area contributed by atoms with Crippen molar-refractivity contribution >= 4 is 24.0 Å². The number of carbonyl (C=O) groups excluding carboxylic acids is 2. The highest BCUT2D eigenvalue weighted by Crippen LogP contribution is 2.28. The van der Waals surface area contributed by atoms with Gasteiger partial charge in [-0.3, -0.25) is 9.59 Å². The van der Waals surface area contributed by atoms with Gasteiger partial charge in [0.05, 0.1) is 19.2 Å². The summed E-state index contributed by atoms with van der Waals surface area (Å²) in [5.74, 6) is -1.12. The van der Waals surface area contributed by atoms with Crippen molar-refractivity contribution in [2.45, 2.75) is 26.0 Å². The van der Waals surface area contributed by atoms with Gasteiger partial charge in [-0.1, -0.05) is 55.5 Å². The number of carbonyl (C=O) groups is 2. The van der Waals surface area contributed by atoms with Gasteiger partial charge >= 0.3 is 0 Å². The van der Waals surface area contributed by atoms with E-state index in [1.807, 2.05) is 49.4 Å². The first-order valence-electron chi connectivity index (χ1n) is 12.6. The van der Waals surface area contributed by atoms with Gasteiger partial charge in [-0.05, 0) is 42.3 Å². The molecule has 198 valence electrons. The molecule has 2 amide bonds. The molecule has 1 aromatic heterocycles. The highest BCUT2D eigenvalue weighted by molar-refractivity contribution is 5.97. The summed E-state index contributed by atoms with van der Waals surface area (Å²) < 4.78 is 19.9. The molecular formula is C30H32FN3O4. The second kappa shape index (κ2) is 12.0. The fraction of sp³-hybridized carbons (Fsp3) is 0.300. The van der Waals surface area contributed by atoms with Crippen LogP contribution in [0.2, 0.25) is 0 Å². The van der Waals surface area contributed by atoms with E-state index < -0.39 is 18.0 Å². The largest absolute Gasteiger partial charge is 0.472 e. The second-order valence-electron chi connectivity index (χ2n) is 9.68. The highest BCUT2D eigenvalue weighted by Gasteiger charge is 2.34. The Morgan fingerprint density at radius 1 is 1.18 bits per heavy atom. The molecule has 1 aliphatic rings. The van der Waals surface area contributed by atoms with E-state index in [-0.39, 0.29) is 47.9 Å². The number of aromatic nitrogens is 1. The summed E-state index contributed by atoms with van der Waals surface area (Å²) in [5, 5.41) is 9.86. The van der Waals surface area contributed by atoms with Crippen LogP contribution in [-0.2, 0) is 0 Å². The number of aliphatic hydroxyl groups excluding tert-OH is 1. The summed E-state index contributed by atoms with van der Waals surface area (Å²) >= 11 is 0. The SMILES string of the molecule is C[C@H](CO)N1C[C@H](C)[C@@H](CN(C)C(=O)c2cccc(F)c2)Oc2ncc(/C=C/c3ccccc3)cc2C1=O. The smallest absolute Gasteiger partial charge is 0.259 e. The second-order valence-corrected chi connectivity index (χ2v) is 9.68. The molecule has 2 aromatic carbocycles. The molecule has 0 unspecified atom stereocenters. The maximum absolute atomic E-state index is 13.7. The minimum absolute atomic E-state index is 0.171. The van der Waals surface area contributed by atoms with Crippen LogP contribution in [0.15, 0.2) is 66.9 Å². The fourth-order valence-electron chi connectivity index (χ4n) is 4.38. The van der Waals surface area contributed by atoms with Crippen LogP contribution in [0.4, 0.5) is 4.39 Å². The summed E-state index contributed by atoms with van der Waals surface area (Å²) in [6.07, 6.45) is 4.94. The van der Waals surface area contributed by atoms with Crippen LogP contribution in [-0.4, -0.2) is 70.6 Å². The fourth-order valence-corrected chi connectivity index (χ4v) is 4.38. The number of amides is 2. The minimum Gasteiger partial charge on any atom is -0.472 e. The molecule has 0 radical (unpaired) electrons. The van der Waals surface area contributed by atoms with E-state index in [0.717, 1.165) is 11.1 Å². The molecular weight excluding hydrogens is 485 g/mol. The lowest BCUT2D eigenvalue weighted by molar-refractivity contribution is 0.0313. The number of hydrogen-bond donors (Lipinski definition) is 1. The zero-order valence-corrected chi connectivity index (χ0v) is 21.8. The highest BCUT2D eigenvalue weighted by atomic mass is 19.1. The first kappa shape index (κ1) is 27.0. The first-order chi connectivity index (χ1) is 18.3. The zero-order valence-electron chi connectivity index (χ0n) is 21.8. The third kappa shape index (κ3) is 6.26. The number of halogens is 1. The standard InChI is InChI=1S/C30H32FN3O4/c1-20-17-34(21(2)19-35)30(37)26-14-23(13-12-22-8-5-4-6-9-22)16-32-28(26)38-27(20)18-33(3)29(36)24-10-7-11-25(31)15-24/h4-16,20-21,27,35H,17-19H2,1-3H3/b13-12+/t20-,21+,27+/m0/s1. The normalized spacial score (nSPS) is 18.3. The molecule has 1 N–H and O–H groups in total. The monoisotopic (exact) mass is 517 g/mol. The molecule has 7 nitrogen and oxygen atoms in total. The van der Waals surface area contributed by atoms with Crippen molar-refractivity contribution in [3.63, 3.8) is 0 Å². The summed E-state index contributed by atoms with van der Waals surface area (Å²) in [7, 11) is 1.63. The van der Waals surface area contributed by atoms with Crippen molar-refractivity contribution in [3.8, 4) is 5.88 Å². The maximum Gasteiger partial charge on any atom is 0.259 e. The van der Waals surface area contributed by atoms with Crippen LogP contribution in [0.3, 0.4) is 0 Å². The van der Waals surface area contributed by atoms with E-state index in [0.29, 0.717) is 6.54 Å². The lowest BCUT2D eigenvalue weighted by Gasteiger charge is -2.37. The molecule has 3 atom stereocenters. The van der Waals surface area contributed by atoms with Crippen LogP contribution in [0.1, 0.15) is 45.7 Å². The van der Waals surface area contributed by atoms with Crippen LogP contribution in [0, 0.1) is 11.7 Å². The van der Waals surface area contributed by atoms with Crippen molar-refractivity contribution in [1.29, 1.82) is 0 Å². The number of hydrogen-bond acceptors (Lipinski definition) is 5. The van der Waals surface area contributed by atoms with Crippen molar-refractivity contribution in [2.24, 2.45) is 5.92 Å². The predicted octanol–water partition coefficient (Wildman–Crippen LogP) is 4.38. The Labute approximate surface area is 222 Å². The van der Waals surface area contributed by atoms with Crippen molar-refractivity contribution in [2.75, 3.05) is 26.7 Å². The Hall–Kier alpha value is -4.04. The van der Waals surface area contributed by atoms with Gasteiger partial charge in [-0.15, -0.1) is 0 Å². The molecule has 0 aliphatic carbocycles. The van der Waals surface area contributed by atoms with Gasteiger partial charge in [0.1, 0.15) is 17.5 Å². The van der Waals surface area contributed by atoms with E-state index >= 15 is 0 Å². The van der Waals surface area contributed by atoms with Gasteiger partial charge in [0, 0.05) is 31.3 Å². The molecule has 0 bridgehead atoms. The number of likely N-dealkylation sites (N-methyl/N-ethyl adjacent to an activating group) is 1. The molecule has 4 rings (SSSR count).